The molecule has 0 aromatic heterocycles. The molecule has 2 nitrogen and oxygen atoms in total. The summed E-state index contributed by atoms with van der Waals surface area (Å²) in [4.78, 5) is 0. The minimum Gasteiger partial charge on any atom is -0.497 e. The van der Waals surface area contributed by atoms with Crippen molar-refractivity contribution in [3.8, 4) is 5.75 Å². The lowest BCUT2D eigenvalue weighted by Gasteiger charge is -2.14. The van der Waals surface area contributed by atoms with Gasteiger partial charge >= 0.3 is 0 Å². The van der Waals surface area contributed by atoms with Crippen LogP contribution in [0.15, 0.2) is 18.2 Å². The Morgan fingerprint density at radius 1 is 1.33 bits per heavy atom. The van der Waals surface area contributed by atoms with Crippen molar-refractivity contribution >= 4 is 5.69 Å². The monoisotopic (exact) mass is 209 g/mol. The summed E-state index contributed by atoms with van der Waals surface area (Å²) in [5.41, 5.74) is 0.586. The second kappa shape index (κ2) is 4.51. The molecule has 0 aliphatic heterocycles. The third kappa shape index (κ3) is 2.41. The molecule has 0 spiro atoms. The SMILES string of the molecule is COc1ccc(NC2CCCC2)c(F)c1. The molecule has 1 aromatic rings. The van der Waals surface area contributed by atoms with Crippen molar-refractivity contribution in [1.82, 2.24) is 0 Å². The highest BCUT2D eigenvalue weighted by atomic mass is 19.1. The van der Waals surface area contributed by atoms with Gasteiger partial charge in [-0.15, -0.1) is 0 Å². The van der Waals surface area contributed by atoms with Gasteiger partial charge < -0.3 is 10.1 Å². The molecule has 15 heavy (non-hydrogen) atoms. The first-order chi connectivity index (χ1) is 7.29. The van der Waals surface area contributed by atoms with Crippen LogP contribution in [0.1, 0.15) is 25.7 Å². The first-order valence-electron chi connectivity index (χ1n) is 5.39. The molecule has 1 fully saturated rings. The van der Waals surface area contributed by atoms with Gasteiger partial charge in [0.2, 0.25) is 0 Å². The summed E-state index contributed by atoms with van der Waals surface area (Å²) in [7, 11) is 1.54. The number of benzene rings is 1. The number of hydrogen-bond donors (Lipinski definition) is 1. The summed E-state index contributed by atoms with van der Waals surface area (Å²) in [6, 6.07) is 5.37. The Bertz CT molecular complexity index is 334. The normalized spacial score (nSPS) is 16.7. The highest BCUT2D eigenvalue weighted by Crippen LogP contribution is 2.25. The van der Waals surface area contributed by atoms with Crippen LogP contribution in [0.4, 0.5) is 10.1 Å². The summed E-state index contributed by atoms with van der Waals surface area (Å²) < 4.78 is 18.5. The van der Waals surface area contributed by atoms with Crippen LogP contribution < -0.4 is 10.1 Å². The molecule has 1 N–H and O–H groups in total. The number of ether oxygens (including phenoxy) is 1. The van der Waals surface area contributed by atoms with Crippen molar-refractivity contribution in [2.24, 2.45) is 0 Å². The number of hydrogen-bond acceptors (Lipinski definition) is 2. The highest BCUT2D eigenvalue weighted by molar-refractivity contribution is 5.48. The zero-order valence-corrected chi connectivity index (χ0v) is 8.92. The van der Waals surface area contributed by atoms with E-state index in [1.165, 1.54) is 18.9 Å². The van der Waals surface area contributed by atoms with Crippen LogP contribution in [0, 0.1) is 5.82 Å². The van der Waals surface area contributed by atoms with E-state index in [9.17, 15) is 4.39 Å². The summed E-state index contributed by atoms with van der Waals surface area (Å²) in [5, 5.41) is 3.23. The van der Waals surface area contributed by atoms with Gasteiger partial charge in [-0.25, -0.2) is 4.39 Å². The van der Waals surface area contributed by atoms with Crippen molar-refractivity contribution in [1.29, 1.82) is 0 Å². The van der Waals surface area contributed by atoms with Crippen molar-refractivity contribution < 1.29 is 9.13 Å². The van der Waals surface area contributed by atoms with E-state index in [0.29, 0.717) is 17.5 Å². The molecule has 1 aliphatic rings. The summed E-state index contributed by atoms with van der Waals surface area (Å²) in [6.45, 7) is 0. The Morgan fingerprint density at radius 2 is 2.07 bits per heavy atom. The molecule has 1 aromatic carbocycles. The van der Waals surface area contributed by atoms with Crippen molar-refractivity contribution in [3.05, 3.63) is 24.0 Å². The molecular formula is C12H16FNO. The van der Waals surface area contributed by atoms with E-state index in [0.717, 1.165) is 12.8 Å². The van der Waals surface area contributed by atoms with Crippen LogP contribution in [0.2, 0.25) is 0 Å². The lowest BCUT2D eigenvalue weighted by atomic mass is 10.2. The minimum atomic E-state index is -0.235. The third-order valence-corrected chi connectivity index (χ3v) is 2.89. The van der Waals surface area contributed by atoms with Gasteiger partial charge in [0.15, 0.2) is 0 Å². The molecule has 0 radical (unpaired) electrons. The molecule has 0 saturated heterocycles. The van der Waals surface area contributed by atoms with E-state index in [4.69, 9.17) is 4.74 Å². The Hall–Kier alpha value is -1.25. The molecule has 0 unspecified atom stereocenters. The Kier molecular flexibility index (Phi) is 3.09. The van der Waals surface area contributed by atoms with Crippen molar-refractivity contribution in [2.75, 3.05) is 12.4 Å². The van der Waals surface area contributed by atoms with Crippen LogP contribution >= 0.6 is 0 Å². The van der Waals surface area contributed by atoms with Crippen LogP contribution in [0.25, 0.3) is 0 Å². The first kappa shape index (κ1) is 10.3. The van der Waals surface area contributed by atoms with Gasteiger partial charge in [0.1, 0.15) is 11.6 Å². The Morgan fingerprint density at radius 3 is 2.67 bits per heavy atom. The fraction of sp³-hybridized carbons (Fsp3) is 0.500. The standard InChI is InChI=1S/C12H16FNO/c1-15-10-6-7-12(11(13)8-10)14-9-4-2-3-5-9/h6-9,14H,2-5H2,1H3. The summed E-state index contributed by atoms with van der Waals surface area (Å²) >= 11 is 0. The second-order valence-corrected chi connectivity index (χ2v) is 3.97. The van der Waals surface area contributed by atoms with Crippen LogP contribution in [0.5, 0.6) is 5.75 Å². The smallest absolute Gasteiger partial charge is 0.149 e. The van der Waals surface area contributed by atoms with Gasteiger partial charge in [0.25, 0.3) is 0 Å². The minimum absolute atomic E-state index is 0.235. The molecule has 0 heterocycles. The number of halogens is 1. The van der Waals surface area contributed by atoms with E-state index in [1.54, 1.807) is 19.2 Å². The third-order valence-electron chi connectivity index (χ3n) is 2.89. The zero-order valence-electron chi connectivity index (χ0n) is 8.92. The average molecular weight is 209 g/mol. The molecule has 82 valence electrons. The quantitative estimate of drug-likeness (QED) is 0.825. The van der Waals surface area contributed by atoms with E-state index in [2.05, 4.69) is 5.32 Å². The van der Waals surface area contributed by atoms with Crippen LogP contribution in [-0.2, 0) is 0 Å². The van der Waals surface area contributed by atoms with E-state index in [-0.39, 0.29) is 5.82 Å². The molecular weight excluding hydrogens is 193 g/mol. The van der Waals surface area contributed by atoms with Gasteiger partial charge in [0, 0.05) is 12.1 Å². The number of nitrogens with one attached hydrogen (secondary N) is 1. The molecule has 1 aliphatic carbocycles. The molecule has 0 atom stereocenters. The predicted octanol–water partition coefficient (Wildman–Crippen LogP) is 3.19. The number of methoxy groups -OCH3 is 1. The second-order valence-electron chi connectivity index (χ2n) is 3.97. The molecule has 2 rings (SSSR count). The topological polar surface area (TPSA) is 21.3 Å². The Labute approximate surface area is 89.4 Å². The maximum atomic E-state index is 13.5. The van der Waals surface area contributed by atoms with Gasteiger partial charge in [-0.1, -0.05) is 12.8 Å². The molecule has 0 amide bonds. The highest BCUT2D eigenvalue weighted by Gasteiger charge is 2.16. The largest absolute Gasteiger partial charge is 0.497 e. The van der Waals surface area contributed by atoms with Gasteiger partial charge in [-0.05, 0) is 25.0 Å². The van der Waals surface area contributed by atoms with Gasteiger partial charge in [-0.3, -0.25) is 0 Å². The van der Waals surface area contributed by atoms with Crippen LogP contribution in [0.3, 0.4) is 0 Å². The van der Waals surface area contributed by atoms with E-state index in [1.807, 2.05) is 0 Å². The first-order valence-corrected chi connectivity index (χ1v) is 5.39. The van der Waals surface area contributed by atoms with E-state index < -0.39 is 0 Å². The molecule has 3 heteroatoms. The predicted molar refractivity (Wildman–Crippen MR) is 58.8 cm³/mol. The maximum absolute atomic E-state index is 13.5. The maximum Gasteiger partial charge on any atom is 0.149 e. The summed E-state index contributed by atoms with van der Waals surface area (Å²) in [6.07, 6.45) is 4.78. The lowest BCUT2D eigenvalue weighted by Crippen LogP contribution is -2.15. The summed E-state index contributed by atoms with van der Waals surface area (Å²) in [5.74, 6) is 0.325. The van der Waals surface area contributed by atoms with Crippen molar-refractivity contribution in [3.63, 3.8) is 0 Å². The zero-order chi connectivity index (χ0) is 10.7. The van der Waals surface area contributed by atoms with E-state index >= 15 is 0 Å². The fourth-order valence-electron chi connectivity index (χ4n) is 2.03. The average Bonchev–Trinajstić information content (AvgIpc) is 2.74. The van der Waals surface area contributed by atoms with Gasteiger partial charge in [-0.2, -0.15) is 0 Å². The number of rotatable bonds is 3. The van der Waals surface area contributed by atoms with Crippen LogP contribution in [-0.4, -0.2) is 13.2 Å². The molecule has 0 bridgehead atoms. The van der Waals surface area contributed by atoms with Crippen molar-refractivity contribution in [2.45, 2.75) is 31.7 Å². The number of anilines is 1. The van der Waals surface area contributed by atoms with Gasteiger partial charge in [0.05, 0.1) is 12.8 Å². The fourth-order valence-corrected chi connectivity index (χ4v) is 2.03. The Balaban J connectivity index is 2.07. The lowest BCUT2D eigenvalue weighted by molar-refractivity contribution is 0.411. The molecule has 1 saturated carbocycles.